The molecule has 0 aromatic rings. The molecule has 11 N–H and O–H groups in total. The summed E-state index contributed by atoms with van der Waals surface area (Å²) in [5.41, 5.74) is 0. The molecule has 13 atom stereocenters. The lowest BCUT2D eigenvalue weighted by atomic mass is 9.85. The molecule has 0 bridgehead atoms. The Morgan fingerprint density at radius 3 is 0.852 bits per heavy atom. The first-order valence-corrected chi connectivity index (χ1v) is 9.30. The van der Waals surface area contributed by atoms with E-state index in [1.54, 1.807) is 0 Å². The predicted molar refractivity (Wildman–Crippen MR) is 79.6 cm³/mol. The van der Waals surface area contributed by atoms with E-state index in [0.29, 0.717) is 0 Å². The summed E-state index contributed by atoms with van der Waals surface area (Å²) < 4.78 is 21.1. The Morgan fingerprint density at radius 2 is 0.630 bits per heavy atom. The quantitative estimate of drug-likeness (QED) is 0.188. The number of phosphoric acid groups is 1. The molecule has 0 heterocycles. The molecule has 0 aromatic heterocycles. The third-order valence-electron chi connectivity index (χ3n) is 4.66. The Bertz CT molecular complexity index is 486. The van der Waals surface area contributed by atoms with E-state index >= 15 is 0 Å². The van der Waals surface area contributed by atoms with Crippen molar-refractivity contribution in [3.63, 3.8) is 0 Å². The van der Waals surface area contributed by atoms with Crippen LogP contribution in [0.2, 0.25) is 0 Å². The number of hydrogen-bond donors (Lipinski definition) is 11. The van der Waals surface area contributed by atoms with Gasteiger partial charge in [0.25, 0.3) is 0 Å². The zero-order chi connectivity index (χ0) is 20.8. The first-order valence-electron chi connectivity index (χ1n) is 7.80. The zero-order valence-corrected chi connectivity index (χ0v) is 14.4. The molecular weight excluding hydrogens is 399 g/mol. The summed E-state index contributed by atoms with van der Waals surface area (Å²) in [5, 5.41) is 96.3. The fourth-order valence-corrected chi connectivity index (χ4v) is 4.14. The highest BCUT2D eigenvalue weighted by Crippen LogP contribution is 2.49. The molecule has 2 rings (SSSR count). The van der Waals surface area contributed by atoms with Crippen molar-refractivity contribution in [1.82, 2.24) is 0 Å². The summed E-state index contributed by atoms with van der Waals surface area (Å²) >= 11 is 0. The summed E-state index contributed by atoms with van der Waals surface area (Å²) in [4.78, 5) is 9.78. The molecule has 0 radical (unpaired) electrons. The normalized spacial score (nSPS) is 53.7. The molecule has 15 heteroatoms. The van der Waals surface area contributed by atoms with E-state index in [2.05, 4.69) is 9.05 Å². The van der Waals surface area contributed by atoms with E-state index in [4.69, 9.17) is 0 Å². The number of hydrogen-bond acceptors (Lipinski definition) is 13. The van der Waals surface area contributed by atoms with Crippen molar-refractivity contribution in [2.75, 3.05) is 0 Å². The van der Waals surface area contributed by atoms with Gasteiger partial charge in [0.2, 0.25) is 0 Å². The van der Waals surface area contributed by atoms with Gasteiger partial charge in [-0.05, 0) is 0 Å². The Hall–Kier alpha value is -0.290. The minimum atomic E-state index is -5.37. The van der Waals surface area contributed by atoms with Crippen LogP contribution in [0.3, 0.4) is 0 Å². The number of aliphatic hydroxyl groups excluding tert-OH is 10. The summed E-state index contributed by atoms with van der Waals surface area (Å²) in [7, 11) is -5.37. The SMILES string of the molecule is O=P(O)(OC1[C@H](O)[C@H](O)[C@@H](O)[C@H](O)[C@H]1O)O[C@@H]1[C@@H](O)[C@H](O)[C@@H](O)[C@H](O)[C@@H]1O. The van der Waals surface area contributed by atoms with Gasteiger partial charge in [0, 0.05) is 0 Å². The van der Waals surface area contributed by atoms with E-state index < -0.39 is 81.1 Å². The van der Waals surface area contributed by atoms with Gasteiger partial charge >= 0.3 is 7.82 Å². The van der Waals surface area contributed by atoms with E-state index in [1.807, 2.05) is 0 Å². The lowest BCUT2D eigenvalue weighted by Gasteiger charge is -2.43. The minimum absolute atomic E-state index is 1.98. The second-order valence-corrected chi connectivity index (χ2v) is 7.87. The lowest BCUT2D eigenvalue weighted by Crippen LogP contribution is -2.65. The first-order chi connectivity index (χ1) is 12.3. The second-order valence-electron chi connectivity index (χ2n) is 6.51. The standard InChI is InChI=1S/C12H23O14P/c13-1-3(15)7(19)11(8(20)4(1)16)25-27(23,24)26-12-9(21)5(17)2(14)6(18)10(12)22/h1-22H,(H,23,24)/t1-,2-,3-,4+,5-,6+,7-,8-,9+,10+,11-,12?/m0/s1. The van der Waals surface area contributed by atoms with Crippen LogP contribution in [0.5, 0.6) is 0 Å². The molecule has 0 spiro atoms. The van der Waals surface area contributed by atoms with Crippen molar-refractivity contribution in [2.45, 2.75) is 73.2 Å². The zero-order valence-electron chi connectivity index (χ0n) is 13.5. The van der Waals surface area contributed by atoms with Crippen molar-refractivity contribution in [1.29, 1.82) is 0 Å². The molecular formula is C12H23O14P. The maximum absolute atomic E-state index is 12.1. The van der Waals surface area contributed by atoms with E-state index in [0.717, 1.165) is 0 Å². The van der Waals surface area contributed by atoms with Crippen molar-refractivity contribution in [2.24, 2.45) is 0 Å². The Balaban J connectivity index is 2.15. The molecule has 160 valence electrons. The highest BCUT2D eigenvalue weighted by atomic mass is 31.2. The molecule has 0 aliphatic heterocycles. The van der Waals surface area contributed by atoms with Crippen LogP contribution in [-0.2, 0) is 13.6 Å². The molecule has 2 aliphatic rings. The minimum Gasteiger partial charge on any atom is -0.387 e. The van der Waals surface area contributed by atoms with Gasteiger partial charge in [-0.1, -0.05) is 0 Å². The van der Waals surface area contributed by atoms with Crippen LogP contribution in [0.25, 0.3) is 0 Å². The summed E-state index contributed by atoms with van der Waals surface area (Å²) in [6, 6.07) is 0. The largest absolute Gasteiger partial charge is 0.473 e. The van der Waals surface area contributed by atoms with Gasteiger partial charge in [-0.2, -0.15) is 0 Å². The molecule has 27 heavy (non-hydrogen) atoms. The van der Waals surface area contributed by atoms with Gasteiger partial charge in [-0.25, -0.2) is 4.57 Å². The Morgan fingerprint density at radius 1 is 0.444 bits per heavy atom. The smallest absolute Gasteiger partial charge is 0.387 e. The fourth-order valence-electron chi connectivity index (χ4n) is 2.98. The monoisotopic (exact) mass is 422 g/mol. The molecule has 0 aromatic carbocycles. The van der Waals surface area contributed by atoms with Crippen LogP contribution in [-0.4, -0.2) is 129 Å². The van der Waals surface area contributed by atoms with Crippen LogP contribution < -0.4 is 0 Å². The Kier molecular flexibility index (Phi) is 7.00. The average Bonchev–Trinajstić information content (AvgIpc) is 2.62. The molecule has 2 unspecified atom stereocenters. The summed E-state index contributed by atoms with van der Waals surface area (Å²) in [6.07, 6.45) is -25.0. The van der Waals surface area contributed by atoms with Gasteiger partial charge in [-0.3, -0.25) is 9.05 Å². The highest BCUT2D eigenvalue weighted by Gasteiger charge is 2.54. The van der Waals surface area contributed by atoms with Gasteiger partial charge in [0.15, 0.2) is 0 Å². The topological polar surface area (TPSA) is 258 Å². The molecule has 0 amide bonds. The first kappa shape index (κ1) is 23.0. The van der Waals surface area contributed by atoms with E-state index in [1.165, 1.54) is 0 Å². The Labute approximate surface area is 151 Å². The van der Waals surface area contributed by atoms with Crippen molar-refractivity contribution < 1.29 is 69.6 Å². The molecule has 2 fully saturated rings. The number of rotatable bonds is 4. The average molecular weight is 422 g/mol. The van der Waals surface area contributed by atoms with Crippen molar-refractivity contribution in [3.05, 3.63) is 0 Å². The van der Waals surface area contributed by atoms with E-state index in [-0.39, 0.29) is 0 Å². The van der Waals surface area contributed by atoms with Crippen LogP contribution in [0.1, 0.15) is 0 Å². The van der Waals surface area contributed by atoms with Crippen LogP contribution in [0.4, 0.5) is 0 Å². The molecule has 0 saturated heterocycles. The third-order valence-corrected chi connectivity index (χ3v) is 5.68. The summed E-state index contributed by atoms with van der Waals surface area (Å²) in [5.74, 6) is 0. The van der Waals surface area contributed by atoms with E-state index in [9.17, 15) is 60.5 Å². The molecule has 14 nitrogen and oxygen atoms in total. The predicted octanol–water partition coefficient (Wildman–Crippen LogP) is -6.51. The second kappa shape index (κ2) is 8.22. The van der Waals surface area contributed by atoms with Crippen LogP contribution >= 0.6 is 7.82 Å². The molecule has 2 aliphatic carbocycles. The lowest BCUT2D eigenvalue weighted by molar-refractivity contribution is -0.231. The van der Waals surface area contributed by atoms with Gasteiger partial charge in [-0.15, -0.1) is 0 Å². The van der Waals surface area contributed by atoms with Crippen molar-refractivity contribution in [3.8, 4) is 0 Å². The van der Waals surface area contributed by atoms with Gasteiger partial charge < -0.3 is 56.0 Å². The third kappa shape index (κ3) is 4.34. The van der Waals surface area contributed by atoms with Crippen LogP contribution in [0, 0.1) is 0 Å². The number of phosphoric ester groups is 1. The molecule has 2 saturated carbocycles. The van der Waals surface area contributed by atoms with Crippen molar-refractivity contribution >= 4 is 7.82 Å². The van der Waals surface area contributed by atoms with Gasteiger partial charge in [0.1, 0.15) is 73.2 Å². The maximum Gasteiger partial charge on any atom is 0.473 e. The van der Waals surface area contributed by atoms with Crippen LogP contribution in [0.15, 0.2) is 0 Å². The fraction of sp³-hybridized carbons (Fsp3) is 1.00. The van der Waals surface area contributed by atoms with Gasteiger partial charge in [0.05, 0.1) is 0 Å². The summed E-state index contributed by atoms with van der Waals surface area (Å²) in [6.45, 7) is 0. The maximum atomic E-state index is 12.1. The highest BCUT2D eigenvalue weighted by molar-refractivity contribution is 7.47. The number of aliphatic hydroxyl groups is 10.